The van der Waals surface area contributed by atoms with Crippen molar-refractivity contribution in [2.45, 2.75) is 6.92 Å². The van der Waals surface area contributed by atoms with Crippen molar-refractivity contribution in [3.63, 3.8) is 0 Å². The van der Waals surface area contributed by atoms with Gasteiger partial charge in [-0.15, -0.1) is 0 Å². The van der Waals surface area contributed by atoms with Crippen LogP contribution in [0.25, 0.3) is 10.2 Å². The Kier molecular flexibility index (Phi) is 2.97. The molecule has 0 bridgehead atoms. The van der Waals surface area contributed by atoms with Crippen LogP contribution in [0.2, 0.25) is 0 Å². The van der Waals surface area contributed by atoms with Crippen LogP contribution in [0.15, 0.2) is 42.7 Å². The number of anilines is 1. The first kappa shape index (κ1) is 11.8. The van der Waals surface area contributed by atoms with E-state index in [0.717, 1.165) is 15.8 Å². The maximum atomic E-state index is 12.0. The molecule has 0 unspecified atom stereocenters. The molecule has 94 valence electrons. The molecule has 0 saturated carbocycles. The minimum atomic E-state index is -0.167. The van der Waals surface area contributed by atoms with Crippen LogP contribution < -0.4 is 5.32 Å². The fourth-order valence-corrected chi connectivity index (χ4v) is 2.75. The highest BCUT2D eigenvalue weighted by molar-refractivity contribution is 7.22. The molecule has 0 radical (unpaired) electrons. The van der Waals surface area contributed by atoms with Crippen LogP contribution in [0.5, 0.6) is 0 Å². The number of para-hydroxylation sites is 1. The van der Waals surface area contributed by atoms with Gasteiger partial charge < -0.3 is 0 Å². The predicted octanol–water partition coefficient (Wildman–Crippen LogP) is 3.25. The lowest BCUT2D eigenvalue weighted by atomic mass is 10.2. The highest BCUT2D eigenvalue weighted by atomic mass is 32.1. The SMILES string of the molecule is Cc1cccc2sc(NC(=O)c3ccncc3)nc12. The van der Waals surface area contributed by atoms with Crippen LogP contribution in [-0.4, -0.2) is 15.9 Å². The molecule has 0 atom stereocenters. The molecule has 3 rings (SSSR count). The van der Waals surface area contributed by atoms with Gasteiger partial charge in [0.05, 0.1) is 10.2 Å². The molecule has 0 aliphatic carbocycles. The van der Waals surface area contributed by atoms with Gasteiger partial charge in [0.1, 0.15) is 0 Å². The van der Waals surface area contributed by atoms with Crippen molar-refractivity contribution in [3.8, 4) is 0 Å². The Balaban J connectivity index is 1.90. The van der Waals surface area contributed by atoms with Gasteiger partial charge in [-0.1, -0.05) is 23.5 Å². The number of benzene rings is 1. The topological polar surface area (TPSA) is 54.9 Å². The molecule has 1 amide bonds. The quantitative estimate of drug-likeness (QED) is 0.777. The van der Waals surface area contributed by atoms with E-state index in [1.807, 2.05) is 25.1 Å². The van der Waals surface area contributed by atoms with E-state index < -0.39 is 0 Å². The highest BCUT2D eigenvalue weighted by Gasteiger charge is 2.10. The molecule has 5 heteroatoms. The second kappa shape index (κ2) is 4.78. The van der Waals surface area contributed by atoms with Crippen LogP contribution in [0.4, 0.5) is 5.13 Å². The smallest absolute Gasteiger partial charge is 0.257 e. The second-order valence-electron chi connectivity index (χ2n) is 4.13. The lowest BCUT2D eigenvalue weighted by molar-refractivity contribution is 0.102. The summed E-state index contributed by atoms with van der Waals surface area (Å²) in [6.07, 6.45) is 3.19. The average Bonchev–Trinajstić information content (AvgIpc) is 2.84. The normalized spacial score (nSPS) is 10.6. The minimum Gasteiger partial charge on any atom is -0.298 e. The number of aryl methyl sites for hydroxylation is 1. The molecule has 0 aliphatic heterocycles. The van der Waals surface area contributed by atoms with Crippen LogP contribution in [0, 0.1) is 6.92 Å². The molecular weight excluding hydrogens is 258 g/mol. The maximum absolute atomic E-state index is 12.0. The molecule has 1 N–H and O–H groups in total. The number of fused-ring (bicyclic) bond motifs is 1. The van der Waals surface area contributed by atoms with Crippen molar-refractivity contribution in [1.82, 2.24) is 9.97 Å². The zero-order valence-corrected chi connectivity index (χ0v) is 11.1. The van der Waals surface area contributed by atoms with Gasteiger partial charge in [-0.25, -0.2) is 4.98 Å². The number of thiazole rings is 1. The number of aromatic nitrogens is 2. The molecule has 0 fully saturated rings. The number of nitrogens with one attached hydrogen (secondary N) is 1. The lowest BCUT2D eigenvalue weighted by Gasteiger charge is -1.99. The summed E-state index contributed by atoms with van der Waals surface area (Å²) < 4.78 is 1.07. The third-order valence-corrected chi connectivity index (χ3v) is 3.72. The zero-order chi connectivity index (χ0) is 13.2. The molecule has 3 aromatic rings. The number of carbonyl (C=O) groups excluding carboxylic acids is 1. The zero-order valence-electron chi connectivity index (χ0n) is 10.3. The third-order valence-electron chi connectivity index (χ3n) is 2.78. The van der Waals surface area contributed by atoms with Gasteiger partial charge in [0.2, 0.25) is 0 Å². The van der Waals surface area contributed by atoms with E-state index >= 15 is 0 Å². The van der Waals surface area contributed by atoms with E-state index in [4.69, 9.17) is 0 Å². The van der Waals surface area contributed by atoms with Crippen molar-refractivity contribution < 1.29 is 4.79 Å². The number of pyridine rings is 1. The van der Waals surface area contributed by atoms with E-state index in [0.29, 0.717) is 10.7 Å². The van der Waals surface area contributed by atoms with Crippen LogP contribution >= 0.6 is 11.3 Å². The fraction of sp³-hybridized carbons (Fsp3) is 0.0714. The van der Waals surface area contributed by atoms with E-state index in [2.05, 4.69) is 15.3 Å². The summed E-state index contributed by atoms with van der Waals surface area (Å²) >= 11 is 1.48. The van der Waals surface area contributed by atoms with Crippen molar-refractivity contribution in [3.05, 3.63) is 53.9 Å². The Labute approximate surface area is 114 Å². The fourth-order valence-electron chi connectivity index (χ4n) is 1.81. The molecule has 4 nitrogen and oxygen atoms in total. The van der Waals surface area contributed by atoms with Crippen molar-refractivity contribution >= 4 is 32.6 Å². The Morgan fingerprint density at radius 3 is 2.74 bits per heavy atom. The van der Waals surface area contributed by atoms with Crippen molar-refractivity contribution in [2.24, 2.45) is 0 Å². The molecule has 0 aliphatic rings. The summed E-state index contributed by atoms with van der Waals surface area (Å²) in [5.74, 6) is -0.167. The number of hydrogen-bond donors (Lipinski definition) is 1. The van der Waals surface area contributed by atoms with Crippen LogP contribution in [0.3, 0.4) is 0 Å². The Bertz CT molecular complexity index is 737. The molecule has 2 heterocycles. The Hall–Kier alpha value is -2.27. The standard InChI is InChI=1S/C14H11N3OS/c1-9-3-2-4-11-12(9)16-14(19-11)17-13(18)10-5-7-15-8-6-10/h2-8H,1H3,(H,16,17,18). The first-order chi connectivity index (χ1) is 9.24. The molecule has 19 heavy (non-hydrogen) atoms. The first-order valence-corrected chi connectivity index (χ1v) is 6.63. The Morgan fingerprint density at radius 2 is 2.00 bits per heavy atom. The van der Waals surface area contributed by atoms with E-state index in [9.17, 15) is 4.79 Å². The number of hydrogen-bond acceptors (Lipinski definition) is 4. The van der Waals surface area contributed by atoms with Crippen LogP contribution in [0.1, 0.15) is 15.9 Å². The largest absolute Gasteiger partial charge is 0.298 e. The number of rotatable bonds is 2. The summed E-state index contributed by atoms with van der Waals surface area (Å²) in [5, 5.41) is 3.43. The molecule has 0 saturated heterocycles. The van der Waals surface area contributed by atoms with Gasteiger partial charge >= 0.3 is 0 Å². The monoisotopic (exact) mass is 269 g/mol. The second-order valence-corrected chi connectivity index (χ2v) is 5.16. The van der Waals surface area contributed by atoms with Gasteiger partial charge in [-0.3, -0.25) is 15.1 Å². The third kappa shape index (κ3) is 2.32. The minimum absolute atomic E-state index is 0.167. The van der Waals surface area contributed by atoms with Gasteiger partial charge in [-0.05, 0) is 30.7 Å². The predicted molar refractivity (Wildman–Crippen MR) is 76.5 cm³/mol. The maximum Gasteiger partial charge on any atom is 0.257 e. The number of carbonyl (C=O) groups is 1. The van der Waals surface area contributed by atoms with E-state index in [1.165, 1.54) is 11.3 Å². The summed E-state index contributed by atoms with van der Waals surface area (Å²) in [6, 6.07) is 9.35. The van der Waals surface area contributed by atoms with Gasteiger partial charge in [0.15, 0.2) is 5.13 Å². The van der Waals surface area contributed by atoms with E-state index in [-0.39, 0.29) is 5.91 Å². The molecule has 2 aromatic heterocycles. The molecule has 0 spiro atoms. The van der Waals surface area contributed by atoms with Crippen molar-refractivity contribution in [2.75, 3.05) is 5.32 Å². The number of amides is 1. The number of nitrogens with zero attached hydrogens (tertiary/aromatic N) is 2. The van der Waals surface area contributed by atoms with E-state index in [1.54, 1.807) is 24.5 Å². The Morgan fingerprint density at radius 1 is 1.21 bits per heavy atom. The average molecular weight is 269 g/mol. The van der Waals surface area contributed by atoms with Crippen molar-refractivity contribution in [1.29, 1.82) is 0 Å². The first-order valence-electron chi connectivity index (χ1n) is 5.81. The molecular formula is C14H11N3OS. The van der Waals surface area contributed by atoms with Gasteiger partial charge in [0, 0.05) is 18.0 Å². The summed E-state index contributed by atoms with van der Waals surface area (Å²) in [5.41, 5.74) is 2.63. The summed E-state index contributed by atoms with van der Waals surface area (Å²) in [7, 11) is 0. The summed E-state index contributed by atoms with van der Waals surface area (Å²) in [6.45, 7) is 2.01. The van der Waals surface area contributed by atoms with Gasteiger partial charge in [0.25, 0.3) is 5.91 Å². The molecule has 1 aromatic carbocycles. The summed E-state index contributed by atoms with van der Waals surface area (Å²) in [4.78, 5) is 20.3. The highest BCUT2D eigenvalue weighted by Crippen LogP contribution is 2.28. The van der Waals surface area contributed by atoms with Gasteiger partial charge in [-0.2, -0.15) is 0 Å². The lowest BCUT2D eigenvalue weighted by Crippen LogP contribution is -2.11. The van der Waals surface area contributed by atoms with Crippen LogP contribution in [-0.2, 0) is 0 Å².